The molecule has 2 unspecified atom stereocenters. The fourth-order valence-corrected chi connectivity index (χ4v) is 10.1. The highest BCUT2D eigenvalue weighted by Crippen LogP contribution is 2.44. The number of aliphatic hydroxyl groups is 1. The molecule has 0 spiro atoms. The lowest BCUT2D eigenvalue weighted by atomic mass is 9.85. The number of urea groups is 1. The number of rotatable bonds is 17. The molecule has 0 saturated carbocycles. The van der Waals surface area contributed by atoms with Crippen LogP contribution in [0.5, 0.6) is 11.5 Å². The number of ether oxygens (including phenoxy) is 2. The molecule has 3 aromatic carbocycles. The Morgan fingerprint density at radius 3 is 2.19 bits per heavy atom. The molecule has 2 aromatic heterocycles. The predicted octanol–water partition coefficient (Wildman–Crippen LogP) is 7.92. The number of likely N-dealkylation sites (tertiary alicyclic amines) is 1. The van der Waals surface area contributed by atoms with Gasteiger partial charge in [-0.2, -0.15) is 0 Å². The van der Waals surface area contributed by atoms with E-state index in [9.17, 15) is 24.3 Å². The SMILES string of the molecule is COc1cc(OC)c(Cl)c(NC(=O)N(C)c2cc(Nc3ccc(N4CCN(CCCC(=O)NC(C(=O)N5C[C@H](O)C[C@H]5C(=O)NC(C)c5ccc(-c6scnc6C)cc5)C(C)(C)C)CC4)cc3)ncn2)c1Cl. The fourth-order valence-electron chi connectivity index (χ4n) is 8.73. The van der Waals surface area contributed by atoms with E-state index < -0.39 is 29.6 Å². The molecule has 7 rings (SSSR count). The summed E-state index contributed by atoms with van der Waals surface area (Å²) in [7, 11) is 4.44. The number of anilines is 5. The third-order valence-corrected chi connectivity index (χ3v) is 14.7. The number of hydrogen-bond acceptors (Lipinski definition) is 14. The first-order valence-electron chi connectivity index (χ1n) is 23.7. The van der Waals surface area contributed by atoms with Gasteiger partial charge in [0.1, 0.15) is 51.6 Å². The van der Waals surface area contributed by atoms with Gasteiger partial charge in [-0.1, -0.05) is 68.2 Å². The summed E-state index contributed by atoms with van der Waals surface area (Å²) in [4.78, 5) is 76.1. The van der Waals surface area contributed by atoms with E-state index in [4.69, 9.17) is 32.7 Å². The average molecular weight is 1050 g/mol. The first-order chi connectivity index (χ1) is 34.3. The molecule has 0 aliphatic carbocycles. The number of carbonyl (C=O) groups excluding carboxylic acids is 4. The number of thiazole rings is 1. The molecule has 2 saturated heterocycles. The molecular weight excluding hydrogens is 982 g/mol. The second kappa shape index (κ2) is 23.5. The predicted molar refractivity (Wildman–Crippen MR) is 283 cm³/mol. The van der Waals surface area contributed by atoms with Gasteiger partial charge in [0.15, 0.2) is 0 Å². The van der Waals surface area contributed by atoms with E-state index >= 15 is 0 Å². The number of aryl methyl sites for hydroxylation is 1. The molecule has 4 heterocycles. The Morgan fingerprint density at radius 2 is 1.58 bits per heavy atom. The second-order valence-corrected chi connectivity index (χ2v) is 20.6. The number of piperazine rings is 1. The highest BCUT2D eigenvalue weighted by Gasteiger charge is 2.44. The van der Waals surface area contributed by atoms with E-state index in [1.165, 1.54) is 36.4 Å². The zero-order valence-corrected chi connectivity index (χ0v) is 44.1. The van der Waals surface area contributed by atoms with Gasteiger partial charge in [-0.05, 0) is 67.6 Å². The molecule has 0 bridgehead atoms. The van der Waals surface area contributed by atoms with Gasteiger partial charge in [0.2, 0.25) is 17.7 Å². The summed E-state index contributed by atoms with van der Waals surface area (Å²) in [6.45, 7) is 13.5. The van der Waals surface area contributed by atoms with E-state index in [1.54, 1.807) is 24.5 Å². The van der Waals surface area contributed by atoms with Crippen LogP contribution in [0.4, 0.5) is 33.5 Å². The molecule has 2 aliphatic heterocycles. The van der Waals surface area contributed by atoms with E-state index in [0.717, 1.165) is 65.8 Å². The van der Waals surface area contributed by atoms with Crippen molar-refractivity contribution in [3.05, 3.63) is 93.8 Å². The Hall–Kier alpha value is -6.25. The van der Waals surface area contributed by atoms with Gasteiger partial charge in [-0.15, -0.1) is 11.3 Å². The Bertz CT molecular complexity index is 2690. The minimum Gasteiger partial charge on any atom is -0.495 e. The summed E-state index contributed by atoms with van der Waals surface area (Å²) < 4.78 is 10.6. The average Bonchev–Trinajstić information content (AvgIpc) is 3.99. The number of aromatic nitrogens is 3. The summed E-state index contributed by atoms with van der Waals surface area (Å²) in [5, 5.41) is 23.0. The Labute approximate surface area is 434 Å². The van der Waals surface area contributed by atoms with Crippen molar-refractivity contribution in [3.8, 4) is 21.9 Å². The first-order valence-corrected chi connectivity index (χ1v) is 25.4. The number of β-amino-alcohol motifs (C(OH)–C–C–N with tert-alkyl or cyclic N) is 1. The van der Waals surface area contributed by atoms with Crippen LogP contribution in [0.15, 0.2) is 72.5 Å². The van der Waals surface area contributed by atoms with Crippen molar-refractivity contribution in [1.82, 2.24) is 35.4 Å². The van der Waals surface area contributed by atoms with Crippen LogP contribution in [-0.2, 0) is 14.4 Å². The van der Waals surface area contributed by atoms with Crippen LogP contribution in [0.1, 0.15) is 64.3 Å². The van der Waals surface area contributed by atoms with Crippen LogP contribution in [0.2, 0.25) is 10.0 Å². The Balaban J connectivity index is 0.854. The van der Waals surface area contributed by atoms with Gasteiger partial charge < -0.3 is 45.6 Å². The van der Waals surface area contributed by atoms with E-state index in [2.05, 4.69) is 46.0 Å². The molecule has 0 radical (unpaired) electrons. The van der Waals surface area contributed by atoms with Crippen LogP contribution in [0.3, 0.4) is 0 Å². The maximum Gasteiger partial charge on any atom is 0.327 e. The number of methoxy groups -OCH3 is 2. The number of amides is 5. The van der Waals surface area contributed by atoms with Gasteiger partial charge in [0.05, 0.1) is 48.1 Å². The van der Waals surface area contributed by atoms with Crippen LogP contribution < -0.4 is 40.5 Å². The normalized spacial score (nSPS) is 16.9. The smallest absolute Gasteiger partial charge is 0.327 e. The summed E-state index contributed by atoms with van der Waals surface area (Å²) in [5.74, 6) is 0.376. The number of hydrogen-bond donors (Lipinski definition) is 5. The summed E-state index contributed by atoms with van der Waals surface area (Å²) in [6.07, 6.45) is 1.45. The van der Waals surface area contributed by atoms with Gasteiger partial charge >= 0.3 is 6.03 Å². The molecule has 5 N–H and O–H groups in total. The lowest BCUT2D eigenvalue weighted by molar-refractivity contribution is -0.144. The summed E-state index contributed by atoms with van der Waals surface area (Å²) >= 11 is 14.5. The minimum absolute atomic E-state index is 0.00634. The van der Waals surface area contributed by atoms with Crippen molar-refractivity contribution >= 4 is 87.0 Å². The minimum atomic E-state index is -0.896. The van der Waals surface area contributed by atoms with Gasteiger partial charge in [-0.25, -0.2) is 19.7 Å². The van der Waals surface area contributed by atoms with Crippen molar-refractivity contribution in [2.45, 2.75) is 78.1 Å². The largest absolute Gasteiger partial charge is 0.495 e. The van der Waals surface area contributed by atoms with Gasteiger partial charge in [-0.3, -0.25) is 24.2 Å². The standard InChI is InChI=1S/C51H63Cl2N11O7S/c1-30(32-11-13-33(14-12-32)46-31(2)56-29-72-46)57-48(67)37-24-36(65)27-64(37)49(68)47(51(3,4)5)59-42(66)10-9-19-62-20-22-63(23-21-62)35-17-15-34(16-18-35)58-40-26-41(55-28-54-40)61(6)50(69)60-45-43(52)38(70-7)25-39(71-8)44(45)53/h11-18,25-26,28-30,36-37,47,65H,9-10,19-24,27H2,1-8H3,(H,57,67)(H,59,66)(H,60,69)(H,54,55,58)/t30?,36-,37+,47?/m1/s1. The van der Waals surface area contributed by atoms with Crippen molar-refractivity contribution < 1.29 is 33.8 Å². The molecule has 5 aromatic rings. The van der Waals surface area contributed by atoms with E-state index in [1.807, 2.05) is 88.7 Å². The van der Waals surface area contributed by atoms with Gasteiger partial charge in [0.25, 0.3) is 0 Å². The lowest BCUT2D eigenvalue weighted by Crippen LogP contribution is -2.57. The molecule has 2 aliphatic rings. The van der Waals surface area contributed by atoms with Crippen LogP contribution >= 0.6 is 34.5 Å². The van der Waals surface area contributed by atoms with Crippen molar-refractivity contribution in [3.63, 3.8) is 0 Å². The third-order valence-electron chi connectivity index (χ3n) is 12.9. The molecule has 18 nitrogen and oxygen atoms in total. The molecule has 21 heteroatoms. The zero-order chi connectivity index (χ0) is 51.9. The van der Waals surface area contributed by atoms with E-state index in [0.29, 0.717) is 18.1 Å². The molecular formula is C51H63Cl2N11O7S. The van der Waals surface area contributed by atoms with Crippen molar-refractivity contribution in [2.24, 2.45) is 5.41 Å². The second-order valence-electron chi connectivity index (χ2n) is 19.0. The summed E-state index contributed by atoms with van der Waals surface area (Å²) in [5.41, 5.74) is 6.08. The number of benzene rings is 3. The van der Waals surface area contributed by atoms with Crippen molar-refractivity contribution in [2.75, 3.05) is 81.0 Å². The monoisotopic (exact) mass is 1040 g/mol. The fraction of sp³-hybridized carbons (Fsp3) is 0.431. The van der Waals surface area contributed by atoms with Crippen LogP contribution in [0, 0.1) is 12.3 Å². The third kappa shape index (κ3) is 12.9. The number of carbonyl (C=O) groups is 4. The van der Waals surface area contributed by atoms with Crippen LogP contribution in [-0.4, -0.2) is 132 Å². The Kier molecular flexibility index (Phi) is 17.5. The molecule has 4 atom stereocenters. The van der Waals surface area contributed by atoms with E-state index in [-0.39, 0.29) is 70.4 Å². The molecule has 72 heavy (non-hydrogen) atoms. The van der Waals surface area contributed by atoms with Gasteiger partial charge in [0, 0.05) is 76.1 Å². The topological polar surface area (TPSA) is 207 Å². The number of aliphatic hydroxyl groups excluding tert-OH is 1. The Morgan fingerprint density at radius 1 is 0.917 bits per heavy atom. The zero-order valence-electron chi connectivity index (χ0n) is 41.8. The maximum atomic E-state index is 14.2. The number of nitrogens with zero attached hydrogens (tertiary/aromatic N) is 7. The maximum absolute atomic E-state index is 14.2. The number of halogens is 2. The first kappa shape index (κ1) is 53.5. The number of nitrogens with one attached hydrogen (secondary N) is 4. The lowest BCUT2D eigenvalue weighted by Gasteiger charge is -2.36. The summed E-state index contributed by atoms with van der Waals surface area (Å²) in [6, 6.07) is 16.5. The molecule has 384 valence electrons. The highest BCUT2D eigenvalue weighted by molar-refractivity contribution is 7.13. The molecule has 2 fully saturated rings. The van der Waals surface area contributed by atoms with Crippen LogP contribution in [0.25, 0.3) is 10.4 Å². The molecule has 5 amide bonds. The quantitative estimate of drug-likeness (QED) is 0.0601. The van der Waals surface area contributed by atoms with Crippen molar-refractivity contribution in [1.29, 1.82) is 0 Å². The highest BCUT2D eigenvalue weighted by atomic mass is 35.5.